The van der Waals surface area contributed by atoms with Crippen LogP contribution in [0.1, 0.15) is 34.4 Å². The maximum absolute atomic E-state index is 13.0. The summed E-state index contributed by atoms with van der Waals surface area (Å²) in [5, 5.41) is 2.84. The normalized spacial score (nSPS) is 15.4. The summed E-state index contributed by atoms with van der Waals surface area (Å²) in [6.07, 6.45) is 0.936. The Morgan fingerprint density at radius 1 is 1.18 bits per heavy atom. The molecule has 1 aliphatic rings. The predicted octanol–water partition coefficient (Wildman–Crippen LogP) is 3.94. The summed E-state index contributed by atoms with van der Waals surface area (Å²) in [5.74, 6) is 0.681. The third-order valence-electron chi connectivity index (χ3n) is 4.88. The fraction of sp³-hybridized carbons (Fsp3) is 0.227. The van der Waals surface area contributed by atoms with E-state index in [0.29, 0.717) is 18.1 Å². The Morgan fingerprint density at radius 2 is 1.93 bits per heavy atom. The molecule has 28 heavy (non-hydrogen) atoms. The molecular weight excluding hydrogens is 355 g/mol. The molecule has 1 aromatic heterocycles. The first-order valence-corrected chi connectivity index (χ1v) is 9.27. The van der Waals surface area contributed by atoms with Crippen LogP contribution < -0.4 is 10.2 Å². The third-order valence-corrected chi connectivity index (χ3v) is 4.88. The number of hydrogen-bond acceptors (Lipinski definition) is 4. The van der Waals surface area contributed by atoms with E-state index in [-0.39, 0.29) is 17.8 Å². The second-order valence-corrected chi connectivity index (χ2v) is 7.02. The minimum absolute atomic E-state index is 0.252. The van der Waals surface area contributed by atoms with Gasteiger partial charge in [-0.3, -0.25) is 4.79 Å². The first-order valence-electron chi connectivity index (χ1n) is 9.27. The van der Waals surface area contributed by atoms with Crippen molar-refractivity contribution in [2.75, 3.05) is 4.90 Å². The Balaban J connectivity index is 1.57. The molecule has 1 amide bonds. The summed E-state index contributed by atoms with van der Waals surface area (Å²) >= 11 is 0. The lowest BCUT2D eigenvalue weighted by molar-refractivity contribution is 0.0945. The molecule has 1 aliphatic heterocycles. The smallest absolute Gasteiger partial charge is 0.270 e. The molecule has 5 nitrogen and oxygen atoms in total. The highest BCUT2D eigenvalue weighted by molar-refractivity contribution is 5.93. The summed E-state index contributed by atoms with van der Waals surface area (Å²) in [7, 11) is 0. The van der Waals surface area contributed by atoms with Crippen LogP contribution in [0, 0.1) is 12.7 Å². The van der Waals surface area contributed by atoms with Gasteiger partial charge in [-0.25, -0.2) is 14.4 Å². The number of rotatable bonds is 4. The maximum atomic E-state index is 13.0. The van der Waals surface area contributed by atoms with Gasteiger partial charge in [-0.1, -0.05) is 30.3 Å². The number of nitrogens with zero attached hydrogens (tertiary/aromatic N) is 3. The molecule has 4 rings (SSSR count). The number of carbonyl (C=O) groups excluding carboxylic acids is 1. The molecule has 3 aromatic rings. The number of benzene rings is 2. The third kappa shape index (κ3) is 3.58. The summed E-state index contributed by atoms with van der Waals surface area (Å²) in [5.41, 5.74) is 3.53. The van der Waals surface area contributed by atoms with E-state index in [1.165, 1.54) is 17.7 Å². The molecular formula is C22H21FN4O. The predicted molar refractivity (Wildman–Crippen MR) is 106 cm³/mol. The largest absolute Gasteiger partial charge is 0.347 e. The summed E-state index contributed by atoms with van der Waals surface area (Å²) in [6, 6.07) is 16.3. The fourth-order valence-corrected chi connectivity index (χ4v) is 3.58. The second kappa shape index (κ2) is 7.38. The summed E-state index contributed by atoms with van der Waals surface area (Å²) in [4.78, 5) is 23.7. The van der Waals surface area contributed by atoms with Crippen molar-refractivity contribution < 1.29 is 9.18 Å². The minimum Gasteiger partial charge on any atom is -0.347 e. The van der Waals surface area contributed by atoms with E-state index in [9.17, 15) is 9.18 Å². The van der Waals surface area contributed by atoms with Crippen molar-refractivity contribution in [1.82, 2.24) is 15.3 Å². The van der Waals surface area contributed by atoms with Crippen LogP contribution in [0.2, 0.25) is 0 Å². The van der Waals surface area contributed by atoms with Crippen molar-refractivity contribution in [2.45, 2.75) is 32.9 Å². The Bertz CT molecular complexity index is 1020. The highest BCUT2D eigenvalue weighted by atomic mass is 19.1. The van der Waals surface area contributed by atoms with Crippen LogP contribution in [0.4, 0.5) is 15.9 Å². The number of fused-ring (bicyclic) bond motifs is 1. The van der Waals surface area contributed by atoms with E-state index in [1.54, 1.807) is 25.1 Å². The van der Waals surface area contributed by atoms with Crippen LogP contribution in [-0.4, -0.2) is 21.9 Å². The van der Waals surface area contributed by atoms with Gasteiger partial charge in [-0.2, -0.15) is 0 Å². The molecule has 0 radical (unpaired) electrons. The molecule has 1 unspecified atom stereocenters. The topological polar surface area (TPSA) is 58.1 Å². The van der Waals surface area contributed by atoms with E-state index >= 15 is 0 Å². The van der Waals surface area contributed by atoms with E-state index in [1.807, 2.05) is 12.1 Å². The second-order valence-electron chi connectivity index (χ2n) is 7.02. The molecule has 142 valence electrons. The number of amides is 1. The molecule has 2 aromatic carbocycles. The molecule has 2 heterocycles. The molecule has 0 bridgehead atoms. The lowest BCUT2D eigenvalue weighted by atomic mass is 10.1. The van der Waals surface area contributed by atoms with Crippen molar-refractivity contribution in [3.05, 3.63) is 83.1 Å². The van der Waals surface area contributed by atoms with Crippen LogP contribution in [0.3, 0.4) is 0 Å². The highest BCUT2D eigenvalue weighted by Gasteiger charge is 2.28. The van der Waals surface area contributed by atoms with Gasteiger partial charge < -0.3 is 10.2 Å². The molecule has 1 atom stereocenters. The van der Waals surface area contributed by atoms with Crippen molar-refractivity contribution in [1.29, 1.82) is 0 Å². The number of carbonyl (C=O) groups is 1. The van der Waals surface area contributed by atoms with E-state index < -0.39 is 0 Å². The molecule has 1 N–H and O–H groups in total. The van der Waals surface area contributed by atoms with Gasteiger partial charge in [-0.05, 0) is 49.6 Å². The van der Waals surface area contributed by atoms with Crippen molar-refractivity contribution in [3.63, 3.8) is 0 Å². The number of aromatic nitrogens is 2. The zero-order chi connectivity index (χ0) is 19.7. The van der Waals surface area contributed by atoms with Gasteiger partial charge >= 0.3 is 0 Å². The Hall–Kier alpha value is -3.28. The van der Waals surface area contributed by atoms with Gasteiger partial charge in [0.25, 0.3) is 5.91 Å². The van der Waals surface area contributed by atoms with Crippen LogP contribution in [0.5, 0.6) is 0 Å². The molecule has 0 spiro atoms. The van der Waals surface area contributed by atoms with Crippen molar-refractivity contribution in [3.8, 4) is 0 Å². The first kappa shape index (κ1) is 18.1. The zero-order valence-corrected chi connectivity index (χ0v) is 15.8. The van der Waals surface area contributed by atoms with Crippen molar-refractivity contribution in [2.24, 2.45) is 0 Å². The van der Waals surface area contributed by atoms with E-state index in [4.69, 9.17) is 0 Å². The van der Waals surface area contributed by atoms with Gasteiger partial charge in [0.1, 0.15) is 23.2 Å². The Labute approximate surface area is 163 Å². The van der Waals surface area contributed by atoms with Crippen molar-refractivity contribution >= 4 is 17.4 Å². The lowest BCUT2D eigenvalue weighted by Gasteiger charge is -2.24. The average Bonchev–Trinajstić information content (AvgIpc) is 3.02. The number of anilines is 2. The Kier molecular flexibility index (Phi) is 4.77. The standard InChI is InChI=1S/C22H21FN4O/c1-14-11-17-5-3-4-6-20(17)27(14)21-12-19(25-15(2)26-21)22(28)24-13-16-7-9-18(23)10-8-16/h3-10,12,14H,11,13H2,1-2H3,(H,24,28). The SMILES string of the molecule is Cc1nc(C(=O)NCc2ccc(F)cc2)cc(N2c3ccccc3CC2C)n1. The minimum atomic E-state index is -0.300. The average molecular weight is 376 g/mol. The monoisotopic (exact) mass is 376 g/mol. The number of hydrogen-bond donors (Lipinski definition) is 1. The highest BCUT2D eigenvalue weighted by Crippen LogP contribution is 2.37. The van der Waals surface area contributed by atoms with Gasteiger partial charge in [-0.15, -0.1) is 0 Å². The van der Waals surface area contributed by atoms with Crippen LogP contribution in [0.15, 0.2) is 54.6 Å². The van der Waals surface area contributed by atoms with E-state index in [2.05, 4.69) is 39.2 Å². The quantitative estimate of drug-likeness (QED) is 0.749. The fourth-order valence-electron chi connectivity index (χ4n) is 3.58. The van der Waals surface area contributed by atoms with Crippen LogP contribution >= 0.6 is 0 Å². The van der Waals surface area contributed by atoms with Gasteiger partial charge in [0, 0.05) is 24.3 Å². The van der Waals surface area contributed by atoms with Crippen LogP contribution in [0.25, 0.3) is 0 Å². The molecule has 0 aliphatic carbocycles. The molecule has 6 heteroatoms. The molecule has 0 fully saturated rings. The Morgan fingerprint density at radius 3 is 2.71 bits per heavy atom. The van der Waals surface area contributed by atoms with Gasteiger partial charge in [0.2, 0.25) is 0 Å². The number of aryl methyl sites for hydroxylation is 1. The maximum Gasteiger partial charge on any atom is 0.270 e. The zero-order valence-electron chi connectivity index (χ0n) is 15.8. The van der Waals surface area contributed by atoms with E-state index in [0.717, 1.165) is 23.5 Å². The van der Waals surface area contributed by atoms with Gasteiger partial charge in [0.15, 0.2) is 0 Å². The summed E-state index contributed by atoms with van der Waals surface area (Å²) < 4.78 is 13.0. The molecule has 0 saturated heterocycles. The number of halogens is 1. The number of para-hydroxylation sites is 1. The lowest BCUT2D eigenvalue weighted by Crippen LogP contribution is -2.28. The first-order chi connectivity index (χ1) is 13.5. The van der Waals surface area contributed by atoms with Gasteiger partial charge in [0.05, 0.1) is 0 Å². The van der Waals surface area contributed by atoms with Crippen LogP contribution in [-0.2, 0) is 13.0 Å². The molecule has 0 saturated carbocycles. The summed E-state index contributed by atoms with van der Waals surface area (Å²) in [6.45, 7) is 4.24. The number of nitrogens with one attached hydrogen (secondary N) is 1.